The van der Waals surface area contributed by atoms with Crippen molar-refractivity contribution in [2.45, 2.75) is 44.8 Å². The number of ether oxygens (including phenoxy) is 3. The molecule has 0 amide bonds. The monoisotopic (exact) mass is 551 g/mol. The summed E-state index contributed by atoms with van der Waals surface area (Å²) < 4.78 is 17.8. The molecule has 2 fully saturated rings. The Balaban J connectivity index is 0.00000289. The van der Waals surface area contributed by atoms with Gasteiger partial charge in [0, 0.05) is 33.3 Å². The zero-order chi connectivity index (χ0) is 21.3. The number of aliphatic imine (C=N–C) groups is 1. The minimum Gasteiger partial charge on any atom is -0.375 e. The minimum atomic E-state index is 0. The van der Waals surface area contributed by atoms with E-state index >= 15 is 0 Å². The molecule has 2 aliphatic rings. The molecule has 0 bridgehead atoms. The molecule has 2 aromatic rings. The van der Waals surface area contributed by atoms with Crippen molar-refractivity contribution in [1.82, 2.24) is 10.2 Å². The van der Waals surface area contributed by atoms with Crippen molar-refractivity contribution < 1.29 is 14.2 Å². The Morgan fingerprint density at radius 2 is 1.75 bits per heavy atom. The number of rotatable bonds is 7. The summed E-state index contributed by atoms with van der Waals surface area (Å²) in [4.78, 5) is 6.81. The van der Waals surface area contributed by atoms with Crippen LogP contribution in [0.3, 0.4) is 0 Å². The normalized spacial score (nSPS) is 21.3. The van der Waals surface area contributed by atoms with Gasteiger partial charge in [0.2, 0.25) is 0 Å². The van der Waals surface area contributed by atoms with E-state index in [1.54, 1.807) is 0 Å². The number of halogens is 1. The highest BCUT2D eigenvalue weighted by Gasteiger charge is 2.32. The van der Waals surface area contributed by atoms with Crippen LogP contribution in [-0.4, -0.2) is 56.4 Å². The van der Waals surface area contributed by atoms with Gasteiger partial charge in [-0.1, -0.05) is 54.6 Å². The molecule has 6 nitrogen and oxygen atoms in total. The molecule has 0 spiro atoms. The second kappa shape index (κ2) is 13.1. The number of hydrogen-bond donors (Lipinski definition) is 1. The highest BCUT2D eigenvalue weighted by atomic mass is 127. The third-order valence-electron chi connectivity index (χ3n) is 5.91. The lowest BCUT2D eigenvalue weighted by Crippen LogP contribution is -2.53. The molecular formula is C25H34IN3O3. The quantitative estimate of drug-likeness (QED) is 0.321. The van der Waals surface area contributed by atoms with Crippen LogP contribution in [0.1, 0.15) is 29.5 Å². The third kappa shape index (κ3) is 6.91. The van der Waals surface area contributed by atoms with Gasteiger partial charge in [0.25, 0.3) is 0 Å². The van der Waals surface area contributed by atoms with Crippen LogP contribution in [0.15, 0.2) is 59.6 Å². The molecule has 174 valence electrons. The van der Waals surface area contributed by atoms with Crippen molar-refractivity contribution in [2.24, 2.45) is 4.99 Å². The van der Waals surface area contributed by atoms with Crippen LogP contribution in [-0.2, 0) is 34.0 Å². The molecule has 0 aliphatic carbocycles. The first-order chi connectivity index (χ1) is 15.3. The largest absolute Gasteiger partial charge is 0.375 e. The summed E-state index contributed by atoms with van der Waals surface area (Å²) >= 11 is 0. The van der Waals surface area contributed by atoms with Crippen molar-refractivity contribution in [3.05, 3.63) is 71.3 Å². The van der Waals surface area contributed by atoms with Gasteiger partial charge < -0.3 is 24.4 Å². The highest BCUT2D eigenvalue weighted by Crippen LogP contribution is 2.21. The van der Waals surface area contributed by atoms with Crippen LogP contribution in [0.2, 0.25) is 0 Å². The van der Waals surface area contributed by atoms with Gasteiger partial charge in [-0.05, 0) is 29.5 Å². The van der Waals surface area contributed by atoms with E-state index in [0.717, 1.165) is 38.5 Å². The van der Waals surface area contributed by atoms with E-state index in [-0.39, 0.29) is 36.2 Å². The summed E-state index contributed by atoms with van der Waals surface area (Å²) in [5.74, 6) is 0.909. The van der Waals surface area contributed by atoms with Gasteiger partial charge in [-0.25, -0.2) is 0 Å². The van der Waals surface area contributed by atoms with E-state index in [1.165, 1.54) is 16.7 Å². The van der Waals surface area contributed by atoms with E-state index in [1.807, 2.05) is 25.2 Å². The molecule has 2 saturated heterocycles. The molecule has 2 aromatic carbocycles. The maximum Gasteiger partial charge on any atom is 0.194 e. The van der Waals surface area contributed by atoms with Crippen LogP contribution in [0.4, 0.5) is 0 Å². The van der Waals surface area contributed by atoms with E-state index in [4.69, 9.17) is 14.2 Å². The maximum absolute atomic E-state index is 5.98. The summed E-state index contributed by atoms with van der Waals surface area (Å²) in [6, 6.07) is 18.7. The summed E-state index contributed by atoms with van der Waals surface area (Å²) in [7, 11) is 1.84. The van der Waals surface area contributed by atoms with Crippen molar-refractivity contribution in [2.75, 3.05) is 33.4 Å². The molecule has 4 rings (SSSR count). The third-order valence-corrected chi connectivity index (χ3v) is 5.91. The fraction of sp³-hybridized carbons (Fsp3) is 0.480. The Morgan fingerprint density at radius 1 is 1.00 bits per heavy atom. The second-order valence-electron chi connectivity index (χ2n) is 8.05. The van der Waals surface area contributed by atoms with Crippen LogP contribution in [0.5, 0.6) is 0 Å². The lowest BCUT2D eigenvalue weighted by atomic mass is 10.1. The average Bonchev–Trinajstić information content (AvgIpc) is 3.36. The molecular weight excluding hydrogens is 517 g/mol. The van der Waals surface area contributed by atoms with Gasteiger partial charge in [0.15, 0.2) is 5.96 Å². The van der Waals surface area contributed by atoms with Gasteiger partial charge in [0.1, 0.15) is 6.10 Å². The van der Waals surface area contributed by atoms with Crippen LogP contribution in [0.25, 0.3) is 0 Å². The first-order valence-electron chi connectivity index (χ1n) is 11.2. The van der Waals surface area contributed by atoms with Crippen LogP contribution >= 0.6 is 24.0 Å². The zero-order valence-corrected chi connectivity index (χ0v) is 21.1. The number of hydrogen-bond acceptors (Lipinski definition) is 4. The minimum absolute atomic E-state index is 0. The smallest absolute Gasteiger partial charge is 0.194 e. The highest BCUT2D eigenvalue weighted by molar-refractivity contribution is 14.0. The standard InChI is InChI=1S/C25H33N3O3.HI/c1-26-25(28-13-15-31-24(17-28)23-12-7-14-30-23)27-16-21-10-5-6-11-22(21)19-29-18-20-8-3-2-4-9-20;/h2-6,8-11,23-24H,7,12-19H2,1H3,(H,26,27);1H. The van der Waals surface area contributed by atoms with Gasteiger partial charge in [0.05, 0.1) is 25.9 Å². The molecule has 2 atom stereocenters. The topological polar surface area (TPSA) is 55.3 Å². The average molecular weight is 551 g/mol. The SMILES string of the molecule is CN=C(NCc1ccccc1COCc1ccccc1)N1CCOC(C2CCCO2)C1.I. The summed E-state index contributed by atoms with van der Waals surface area (Å²) in [5.41, 5.74) is 3.60. The fourth-order valence-electron chi connectivity index (χ4n) is 4.22. The Bertz CT molecular complexity index is 843. The zero-order valence-electron chi connectivity index (χ0n) is 18.7. The van der Waals surface area contributed by atoms with E-state index in [2.05, 4.69) is 51.6 Å². The Hall–Kier alpha value is -1.68. The molecule has 2 unspecified atom stereocenters. The Morgan fingerprint density at radius 3 is 2.50 bits per heavy atom. The number of guanidine groups is 1. The Kier molecular flexibility index (Phi) is 10.2. The fourth-order valence-corrected chi connectivity index (χ4v) is 4.22. The molecule has 2 aliphatic heterocycles. The van der Waals surface area contributed by atoms with Crippen molar-refractivity contribution in [3.63, 3.8) is 0 Å². The van der Waals surface area contributed by atoms with Crippen LogP contribution < -0.4 is 5.32 Å². The number of nitrogens with one attached hydrogen (secondary N) is 1. The lowest BCUT2D eigenvalue weighted by molar-refractivity contribution is -0.0817. The van der Waals surface area contributed by atoms with E-state index in [9.17, 15) is 0 Å². The first-order valence-corrected chi connectivity index (χ1v) is 11.2. The molecule has 7 heteroatoms. The summed E-state index contributed by atoms with van der Waals surface area (Å²) in [5, 5.41) is 3.54. The summed E-state index contributed by atoms with van der Waals surface area (Å²) in [6.45, 7) is 5.11. The molecule has 0 saturated carbocycles. The predicted octanol–water partition coefficient (Wildman–Crippen LogP) is 3.98. The number of nitrogens with zero attached hydrogens (tertiary/aromatic N) is 2. The summed E-state index contributed by atoms with van der Waals surface area (Å²) in [6.07, 6.45) is 2.54. The number of benzene rings is 2. The second-order valence-corrected chi connectivity index (χ2v) is 8.05. The molecule has 32 heavy (non-hydrogen) atoms. The van der Waals surface area contributed by atoms with Gasteiger partial charge in [-0.15, -0.1) is 24.0 Å². The van der Waals surface area contributed by atoms with E-state index in [0.29, 0.717) is 26.4 Å². The molecule has 0 radical (unpaired) electrons. The van der Waals surface area contributed by atoms with Gasteiger partial charge in [-0.2, -0.15) is 0 Å². The predicted molar refractivity (Wildman–Crippen MR) is 137 cm³/mol. The van der Waals surface area contributed by atoms with E-state index < -0.39 is 0 Å². The van der Waals surface area contributed by atoms with Crippen molar-refractivity contribution in [3.8, 4) is 0 Å². The lowest BCUT2D eigenvalue weighted by Gasteiger charge is -2.37. The molecule has 2 heterocycles. The van der Waals surface area contributed by atoms with Gasteiger partial charge in [-0.3, -0.25) is 4.99 Å². The van der Waals surface area contributed by atoms with Gasteiger partial charge >= 0.3 is 0 Å². The maximum atomic E-state index is 5.98. The molecule has 1 N–H and O–H groups in total. The Labute approximate surface area is 208 Å². The van der Waals surface area contributed by atoms with Crippen LogP contribution in [0, 0.1) is 0 Å². The first kappa shape index (κ1) is 25.0. The number of morpholine rings is 1. The molecule has 0 aromatic heterocycles. The van der Waals surface area contributed by atoms with Crippen molar-refractivity contribution >= 4 is 29.9 Å². The van der Waals surface area contributed by atoms with Crippen molar-refractivity contribution in [1.29, 1.82) is 0 Å².